The van der Waals surface area contributed by atoms with Gasteiger partial charge in [-0.15, -0.1) is 0 Å². The van der Waals surface area contributed by atoms with E-state index < -0.39 is 6.79 Å². The molecule has 0 aliphatic heterocycles. The van der Waals surface area contributed by atoms with Gasteiger partial charge in [0.1, 0.15) is 0 Å². The smallest absolute Gasteiger partial charge is 0.244 e. The van der Waals surface area contributed by atoms with Crippen molar-refractivity contribution in [3.63, 3.8) is 0 Å². The molecule has 0 bridgehead atoms. The highest BCUT2D eigenvalue weighted by Crippen LogP contribution is 2.24. The van der Waals surface area contributed by atoms with E-state index in [-0.39, 0.29) is 0 Å². The van der Waals surface area contributed by atoms with E-state index in [9.17, 15) is 0 Å². The van der Waals surface area contributed by atoms with Gasteiger partial charge in [-0.05, 0) is 0 Å². The van der Waals surface area contributed by atoms with E-state index in [2.05, 4.69) is 0 Å². The quantitative estimate of drug-likeness (QED) is 0.567. The fourth-order valence-corrected chi connectivity index (χ4v) is 1.78. The second-order valence-corrected chi connectivity index (χ2v) is 3.23. The van der Waals surface area contributed by atoms with Crippen LogP contribution in [0.1, 0.15) is 11.5 Å². The summed E-state index contributed by atoms with van der Waals surface area (Å²) in [6.45, 7) is 2.67. The van der Waals surface area contributed by atoms with Gasteiger partial charge in [0.25, 0.3) is 11.8 Å². The van der Waals surface area contributed by atoms with Crippen LogP contribution in [0.5, 0.6) is 0 Å². The van der Waals surface area contributed by atoms with Crippen LogP contribution in [-0.4, -0.2) is 0 Å². The van der Waals surface area contributed by atoms with Crippen LogP contribution in [0, 0.1) is 13.8 Å². The average molecular weight is 149 g/mol. The second-order valence-electron chi connectivity index (χ2n) is 1.52. The molecule has 1 rings (SSSR count). The van der Waals surface area contributed by atoms with Crippen LogP contribution in [0.15, 0.2) is 8.39 Å². The Morgan fingerprint density at radius 2 is 1.62 bits per heavy atom. The fraction of sp³-hybridized carbons (Fsp3) is 0.500. The molecular weight excluding hydrogens is 143 g/mol. The van der Waals surface area contributed by atoms with Crippen molar-refractivity contribution in [1.29, 1.82) is 0 Å². The molecule has 4 heteroatoms. The topological polar surface area (TPSA) is 26.3 Å². The highest BCUT2D eigenvalue weighted by molar-refractivity contribution is 8.10. The van der Waals surface area contributed by atoms with E-state index in [1.54, 1.807) is 0 Å². The fourth-order valence-electron chi connectivity index (χ4n) is 0.371. The SMILES string of the molecule is Cc1o[p+](=S)oc1C. The second kappa shape index (κ2) is 2.00. The van der Waals surface area contributed by atoms with Gasteiger partial charge < -0.3 is 0 Å². The summed E-state index contributed by atoms with van der Waals surface area (Å²) >= 11 is 4.74. The van der Waals surface area contributed by atoms with Crippen molar-refractivity contribution in [3.05, 3.63) is 11.5 Å². The summed E-state index contributed by atoms with van der Waals surface area (Å²) in [7, 11) is 0. The molecule has 8 heavy (non-hydrogen) atoms. The summed E-state index contributed by atoms with van der Waals surface area (Å²) in [4.78, 5) is 0. The third-order valence-electron chi connectivity index (χ3n) is 0.919. The molecule has 0 atom stereocenters. The van der Waals surface area contributed by atoms with Crippen LogP contribution in [-0.2, 0) is 0 Å². The summed E-state index contributed by atoms with van der Waals surface area (Å²) in [5, 5.41) is 0. The summed E-state index contributed by atoms with van der Waals surface area (Å²) in [6.07, 6.45) is 0. The first-order chi connectivity index (χ1) is 3.70. The van der Waals surface area contributed by atoms with Gasteiger partial charge in [0.05, 0.1) is 0 Å². The van der Waals surface area contributed by atoms with Crippen molar-refractivity contribution in [1.82, 2.24) is 0 Å². The molecule has 0 aliphatic rings. The highest BCUT2D eigenvalue weighted by Gasteiger charge is 2.08. The molecule has 0 saturated heterocycles. The molecule has 0 fully saturated rings. The molecule has 0 spiro atoms. The van der Waals surface area contributed by atoms with Crippen molar-refractivity contribution in [2.45, 2.75) is 13.8 Å². The Hall–Kier alpha value is -0.140. The van der Waals surface area contributed by atoms with Crippen molar-refractivity contribution in [3.8, 4) is 0 Å². The molecule has 1 aromatic rings. The Kier molecular flexibility index (Phi) is 1.49. The molecule has 0 N–H and O–H groups in total. The molecule has 1 heterocycles. The van der Waals surface area contributed by atoms with Gasteiger partial charge in [-0.1, -0.05) is 0 Å². The van der Waals surface area contributed by atoms with Crippen LogP contribution in [0.4, 0.5) is 0 Å². The van der Waals surface area contributed by atoms with Crippen molar-refractivity contribution >= 4 is 18.6 Å². The summed E-state index contributed by atoms with van der Waals surface area (Å²) in [5.41, 5.74) is 0. The van der Waals surface area contributed by atoms with Crippen molar-refractivity contribution in [2.24, 2.45) is 0 Å². The maximum Gasteiger partial charge on any atom is 0.626 e. The lowest BCUT2D eigenvalue weighted by Gasteiger charge is -1.67. The zero-order chi connectivity index (χ0) is 6.15. The van der Waals surface area contributed by atoms with Gasteiger partial charge in [-0.2, -0.15) is 0 Å². The molecule has 0 unspecified atom stereocenters. The minimum atomic E-state index is -1.03. The van der Waals surface area contributed by atoms with Crippen LogP contribution in [0.25, 0.3) is 0 Å². The Bertz CT molecular complexity index is 214. The standard InChI is InChI=1S/C4H6O2PS/c1-3-4(2)6-7(8)5-3/h1-2H3/q+1. The van der Waals surface area contributed by atoms with E-state index in [1.807, 2.05) is 13.8 Å². The molecule has 0 radical (unpaired) electrons. The zero-order valence-electron chi connectivity index (χ0n) is 4.67. The molecule has 0 aliphatic carbocycles. The van der Waals surface area contributed by atoms with Gasteiger partial charge in [-0.3, -0.25) is 0 Å². The van der Waals surface area contributed by atoms with Gasteiger partial charge >= 0.3 is 6.79 Å². The van der Waals surface area contributed by atoms with E-state index in [0.717, 1.165) is 11.5 Å². The van der Waals surface area contributed by atoms with Gasteiger partial charge in [0.2, 0.25) is 11.5 Å². The molecular formula is C4H6O2PS+. The highest BCUT2D eigenvalue weighted by atomic mass is 32.4. The first-order valence-corrected chi connectivity index (χ1v) is 4.40. The van der Waals surface area contributed by atoms with Crippen LogP contribution in [0.2, 0.25) is 0 Å². The Labute approximate surface area is 53.1 Å². The first kappa shape index (κ1) is 5.99. The van der Waals surface area contributed by atoms with Crippen LogP contribution in [0.3, 0.4) is 0 Å². The maximum absolute atomic E-state index is 5.01. The predicted octanol–water partition coefficient (Wildman–Crippen LogP) is 3.00. The first-order valence-electron chi connectivity index (χ1n) is 2.21. The Morgan fingerprint density at radius 3 is 1.75 bits per heavy atom. The lowest BCUT2D eigenvalue weighted by atomic mass is 10.4. The Balaban J connectivity index is 3.35. The molecule has 0 aromatic carbocycles. The van der Waals surface area contributed by atoms with E-state index >= 15 is 0 Å². The third-order valence-corrected chi connectivity index (χ3v) is 2.21. The molecule has 0 saturated carbocycles. The largest absolute Gasteiger partial charge is 0.626 e. The lowest BCUT2D eigenvalue weighted by molar-refractivity contribution is 0.638. The molecule has 1 aromatic heterocycles. The van der Waals surface area contributed by atoms with E-state index in [0.29, 0.717) is 0 Å². The van der Waals surface area contributed by atoms with Gasteiger partial charge in [-0.25, -0.2) is 8.39 Å². The lowest BCUT2D eigenvalue weighted by Crippen LogP contribution is -1.63. The molecule has 0 amide bonds. The van der Waals surface area contributed by atoms with Crippen molar-refractivity contribution in [2.75, 3.05) is 0 Å². The normalized spacial score (nSPS) is 9.75. The minimum Gasteiger partial charge on any atom is -0.244 e. The summed E-state index contributed by atoms with van der Waals surface area (Å²) in [5.74, 6) is 1.65. The monoisotopic (exact) mass is 149 g/mol. The molecule has 44 valence electrons. The number of hydrogen-bond donors (Lipinski definition) is 0. The van der Waals surface area contributed by atoms with Crippen LogP contribution >= 0.6 is 18.6 Å². The summed E-state index contributed by atoms with van der Waals surface area (Å²) < 4.78 is 10.0. The predicted molar refractivity (Wildman–Crippen MR) is 35.0 cm³/mol. The van der Waals surface area contributed by atoms with Gasteiger partial charge in [0, 0.05) is 13.8 Å². The molecule has 2 nitrogen and oxygen atoms in total. The summed E-state index contributed by atoms with van der Waals surface area (Å²) in [6, 6.07) is 0. The van der Waals surface area contributed by atoms with Crippen LogP contribution < -0.4 is 0 Å². The third kappa shape index (κ3) is 0.984. The average Bonchev–Trinajstić information content (AvgIpc) is 1.85. The number of hydrogen-bond acceptors (Lipinski definition) is 3. The minimum absolute atomic E-state index is 0.825. The number of aryl methyl sites for hydroxylation is 2. The van der Waals surface area contributed by atoms with E-state index in [4.69, 9.17) is 20.2 Å². The van der Waals surface area contributed by atoms with Crippen molar-refractivity contribution < 1.29 is 8.39 Å². The zero-order valence-corrected chi connectivity index (χ0v) is 6.38. The maximum atomic E-state index is 5.01. The Morgan fingerprint density at radius 1 is 1.25 bits per heavy atom. The van der Waals surface area contributed by atoms with Gasteiger partial charge in [0.15, 0.2) is 0 Å². The number of rotatable bonds is 0. The van der Waals surface area contributed by atoms with E-state index in [1.165, 1.54) is 0 Å².